The quantitative estimate of drug-likeness (QED) is 0.620. The summed E-state index contributed by atoms with van der Waals surface area (Å²) in [4.78, 5) is 13.9. The number of nitrogens with zero attached hydrogens (tertiary/aromatic N) is 3. The van der Waals surface area contributed by atoms with Gasteiger partial charge in [-0.1, -0.05) is 5.22 Å². The summed E-state index contributed by atoms with van der Waals surface area (Å²) in [5.41, 5.74) is 2.76. The average molecular weight is 196 g/mol. The molecule has 2 aliphatic rings. The lowest BCUT2D eigenvalue weighted by Gasteiger charge is -2.41. The molecular formula is C9H16N4O. The van der Waals surface area contributed by atoms with Gasteiger partial charge in [0, 0.05) is 12.1 Å². The molecule has 0 aliphatic carbocycles. The zero-order valence-electron chi connectivity index (χ0n) is 8.82. The van der Waals surface area contributed by atoms with Crippen molar-refractivity contribution in [1.29, 1.82) is 0 Å². The van der Waals surface area contributed by atoms with Crippen molar-refractivity contribution in [2.24, 2.45) is 10.3 Å². The lowest BCUT2D eigenvalue weighted by atomic mass is 9.95. The Bertz CT molecular complexity index is 281. The minimum Gasteiger partial charge on any atom is -0.336 e. The van der Waals surface area contributed by atoms with Gasteiger partial charge in [0.05, 0.1) is 6.04 Å². The Labute approximate surface area is 83.5 Å². The van der Waals surface area contributed by atoms with Gasteiger partial charge in [0.1, 0.15) is 0 Å². The van der Waals surface area contributed by atoms with Gasteiger partial charge in [-0.25, -0.2) is 0 Å². The Hall–Kier alpha value is -1.13. The largest absolute Gasteiger partial charge is 0.336 e. The number of hydrogen-bond donors (Lipinski definition) is 1. The first-order chi connectivity index (χ1) is 6.50. The first kappa shape index (κ1) is 9.43. The van der Waals surface area contributed by atoms with Crippen molar-refractivity contribution < 1.29 is 4.79 Å². The molecular weight excluding hydrogens is 180 g/mol. The summed E-state index contributed by atoms with van der Waals surface area (Å²) in [5, 5.41) is 7.65. The van der Waals surface area contributed by atoms with E-state index in [-0.39, 0.29) is 23.5 Å². The maximum Gasteiger partial charge on any atom is 0.252 e. The van der Waals surface area contributed by atoms with Crippen LogP contribution < -0.4 is 5.43 Å². The van der Waals surface area contributed by atoms with Gasteiger partial charge in [-0.2, -0.15) is 5.11 Å². The van der Waals surface area contributed by atoms with Crippen LogP contribution in [-0.2, 0) is 4.79 Å². The molecule has 0 saturated carbocycles. The highest BCUT2D eigenvalue weighted by atomic mass is 16.2. The Morgan fingerprint density at radius 1 is 1.50 bits per heavy atom. The maximum absolute atomic E-state index is 12.0. The zero-order chi connectivity index (χ0) is 10.3. The first-order valence-electron chi connectivity index (χ1n) is 4.97. The molecule has 2 aliphatic heterocycles. The lowest BCUT2D eigenvalue weighted by molar-refractivity contribution is -0.140. The van der Waals surface area contributed by atoms with Crippen LogP contribution in [0.25, 0.3) is 0 Å². The minimum absolute atomic E-state index is 0.0995. The fraction of sp³-hybridized carbons (Fsp3) is 0.889. The predicted octanol–water partition coefficient (Wildman–Crippen LogP) is 0.725. The van der Waals surface area contributed by atoms with Gasteiger partial charge in [0.2, 0.25) is 0 Å². The molecule has 14 heavy (non-hydrogen) atoms. The number of nitrogens with one attached hydrogen (secondary N) is 1. The molecule has 0 bridgehead atoms. The van der Waals surface area contributed by atoms with Crippen LogP contribution in [0.3, 0.4) is 0 Å². The SMILES string of the molecule is CC(C)(C)N1CCC2NN=NC2C1=O. The summed E-state index contributed by atoms with van der Waals surface area (Å²) in [6.45, 7) is 6.93. The number of rotatable bonds is 0. The molecule has 78 valence electrons. The van der Waals surface area contributed by atoms with Crippen LogP contribution in [-0.4, -0.2) is 35.0 Å². The molecule has 5 nitrogen and oxygen atoms in total. The molecule has 0 aromatic heterocycles. The highest BCUT2D eigenvalue weighted by Crippen LogP contribution is 2.25. The molecule has 1 fully saturated rings. The second-order valence-corrected chi connectivity index (χ2v) is 4.85. The molecule has 0 aromatic carbocycles. The van der Waals surface area contributed by atoms with Gasteiger partial charge in [-0.3, -0.25) is 10.2 Å². The molecule has 5 heteroatoms. The smallest absolute Gasteiger partial charge is 0.252 e. The third kappa shape index (κ3) is 1.36. The van der Waals surface area contributed by atoms with Crippen LogP contribution in [0.1, 0.15) is 27.2 Å². The molecule has 2 rings (SSSR count). The van der Waals surface area contributed by atoms with E-state index in [1.165, 1.54) is 0 Å². The average Bonchev–Trinajstić information content (AvgIpc) is 2.50. The molecule has 1 amide bonds. The fourth-order valence-corrected chi connectivity index (χ4v) is 1.97. The monoisotopic (exact) mass is 196 g/mol. The molecule has 2 atom stereocenters. The van der Waals surface area contributed by atoms with E-state index in [0.717, 1.165) is 13.0 Å². The van der Waals surface area contributed by atoms with Crippen LogP contribution >= 0.6 is 0 Å². The van der Waals surface area contributed by atoms with Crippen LogP contribution in [0.15, 0.2) is 10.3 Å². The van der Waals surface area contributed by atoms with Crippen molar-refractivity contribution in [2.75, 3.05) is 6.54 Å². The standard InChI is InChI=1S/C9H16N4O/c1-9(2,3)13-5-4-6-7(8(13)14)11-12-10-6/h6-7H,4-5H2,1-3H3,(H,10,11). The molecule has 2 heterocycles. The maximum atomic E-state index is 12.0. The number of hydrogen-bond acceptors (Lipinski definition) is 4. The van der Waals surface area contributed by atoms with Gasteiger partial charge < -0.3 is 4.90 Å². The Balaban J connectivity index is 2.17. The number of carbonyl (C=O) groups excluding carboxylic acids is 1. The van der Waals surface area contributed by atoms with Crippen molar-refractivity contribution in [3.05, 3.63) is 0 Å². The highest BCUT2D eigenvalue weighted by Gasteiger charge is 2.42. The van der Waals surface area contributed by atoms with Gasteiger partial charge >= 0.3 is 0 Å². The van der Waals surface area contributed by atoms with Crippen LogP contribution in [0, 0.1) is 0 Å². The van der Waals surface area contributed by atoms with Crippen molar-refractivity contribution in [3.63, 3.8) is 0 Å². The summed E-state index contributed by atoms with van der Waals surface area (Å²) in [5.74, 6) is 0.0995. The van der Waals surface area contributed by atoms with E-state index in [4.69, 9.17) is 0 Å². The topological polar surface area (TPSA) is 57.1 Å². The molecule has 1 N–H and O–H groups in total. The van der Waals surface area contributed by atoms with E-state index in [0.29, 0.717) is 0 Å². The van der Waals surface area contributed by atoms with Crippen LogP contribution in [0.2, 0.25) is 0 Å². The molecule has 0 spiro atoms. The first-order valence-corrected chi connectivity index (χ1v) is 4.97. The summed E-state index contributed by atoms with van der Waals surface area (Å²) in [7, 11) is 0. The van der Waals surface area contributed by atoms with Crippen molar-refractivity contribution in [2.45, 2.75) is 44.8 Å². The number of piperidine rings is 1. The van der Waals surface area contributed by atoms with Crippen molar-refractivity contribution in [1.82, 2.24) is 10.3 Å². The molecule has 0 aromatic rings. The van der Waals surface area contributed by atoms with E-state index in [2.05, 4.69) is 15.8 Å². The molecule has 1 saturated heterocycles. The zero-order valence-corrected chi connectivity index (χ0v) is 8.82. The second kappa shape index (κ2) is 2.93. The third-order valence-corrected chi connectivity index (χ3v) is 2.78. The highest BCUT2D eigenvalue weighted by molar-refractivity contribution is 5.84. The van der Waals surface area contributed by atoms with Crippen molar-refractivity contribution >= 4 is 5.91 Å². The summed E-state index contributed by atoms with van der Waals surface area (Å²) >= 11 is 0. The molecule has 0 radical (unpaired) electrons. The Morgan fingerprint density at radius 2 is 2.21 bits per heavy atom. The van der Waals surface area contributed by atoms with Crippen LogP contribution in [0.5, 0.6) is 0 Å². The summed E-state index contributed by atoms with van der Waals surface area (Å²) in [6.07, 6.45) is 0.931. The van der Waals surface area contributed by atoms with Gasteiger partial charge in [-0.15, -0.1) is 0 Å². The van der Waals surface area contributed by atoms with E-state index in [1.807, 2.05) is 25.7 Å². The van der Waals surface area contributed by atoms with E-state index in [9.17, 15) is 4.79 Å². The van der Waals surface area contributed by atoms with Gasteiger partial charge in [-0.05, 0) is 27.2 Å². The Kier molecular flexibility index (Phi) is 1.97. The number of fused-ring (bicyclic) bond motifs is 1. The second-order valence-electron chi connectivity index (χ2n) is 4.85. The predicted molar refractivity (Wildman–Crippen MR) is 51.7 cm³/mol. The van der Waals surface area contributed by atoms with Gasteiger partial charge in [0.15, 0.2) is 6.04 Å². The van der Waals surface area contributed by atoms with Gasteiger partial charge in [0.25, 0.3) is 5.91 Å². The number of carbonyl (C=O) groups is 1. The summed E-state index contributed by atoms with van der Waals surface area (Å²) < 4.78 is 0. The normalized spacial score (nSPS) is 31.6. The van der Waals surface area contributed by atoms with E-state index in [1.54, 1.807) is 0 Å². The lowest BCUT2D eigenvalue weighted by Crippen LogP contribution is -2.57. The minimum atomic E-state index is -0.289. The number of amides is 1. The summed E-state index contributed by atoms with van der Waals surface area (Å²) in [6, 6.07) is -0.163. The Morgan fingerprint density at radius 3 is 2.86 bits per heavy atom. The molecule has 2 unspecified atom stereocenters. The van der Waals surface area contributed by atoms with E-state index >= 15 is 0 Å². The third-order valence-electron chi connectivity index (χ3n) is 2.78. The van der Waals surface area contributed by atoms with Crippen LogP contribution in [0.4, 0.5) is 0 Å². The fourth-order valence-electron chi connectivity index (χ4n) is 1.97. The number of likely N-dealkylation sites (tertiary alicyclic amines) is 1. The van der Waals surface area contributed by atoms with E-state index < -0.39 is 0 Å². The van der Waals surface area contributed by atoms with Crippen molar-refractivity contribution in [3.8, 4) is 0 Å².